The maximum Gasteiger partial charge on any atom is 0.141 e. The summed E-state index contributed by atoms with van der Waals surface area (Å²) in [6, 6.07) is 18.3. The van der Waals surface area contributed by atoms with Gasteiger partial charge in [-0.25, -0.2) is 4.89 Å². The molecular weight excluding hydrogens is 264 g/mol. The van der Waals surface area contributed by atoms with E-state index in [0.29, 0.717) is 5.57 Å². The SMILES string of the molecule is C=C(c1ccc2c(ccc3ccccc32)c1)C(CO)OO. The third kappa shape index (κ3) is 2.43. The average molecular weight is 280 g/mol. The molecule has 0 saturated carbocycles. The van der Waals surface area contributed by atoms with Gasteiger partial charge in [0.05, 0.1) is 6.61 Å². The molecule has 21 heavy (non-hydrogen) atoms. The molecule has 0 aliphatic heterocycles. The summed E-state index contributed by atoms with van der Waals surface area (Å²) >= 11 is 0. The van der Waals surface area contributed by atoms with Crippen molar-refractivity contribution in [2.45, 2.75) is 6.10 Å². The van der Waals surface area contributed by atoms with Crippen molar-refractivity contribution in [2.24, 2.45) is 0 Å². The Hall–Kier alpha value is -2.20. The van der Waals surface area contributed by atoms with Crippen molar-refractivity contribution in [3.05, 3.63) is 66.7 Å². The van der Waals surface area contributed by atoms with Gasteiger partial charge in [-0.2, -0.15) is 0 Å². The van der Waals surface area contributed by atoms with Crippen molar-refractivity contribution in [3.63, 3.8) is 0 Å². The molecule has 3 nitrogen and oxygen atoms in total. The van der Waals surface area contributed by atoms with E-state index in [-0.39, 0.29) is 6.61 Å². The minimum atomic E-state index is -0.803. The van der Waals surface area contributed by atoms with Crippen LogP contribution in [0.15, 0.2) is 61.2 Å². The Morgan fingerprint density at radius 1 is 1.00 bits per heavy atom. The van der Waals surface area contributed by atoms with E-state index in [1.165, 1.54) is 10.8 Å². The molecule has 3 aromatic rings. The normalized spacial score (nSPS) is 12.7. The van der Waals surface area contributed by atoms with Crippen LogP contribution in [-0.4, -0.2) is 23.1 Å². The lowest BCUT2D eigenvalue weighted by Gasteiger charge is -2.14. The van der Waals surface area contributed by atoms with Gasteiger partial charge in [0.1, 0.15) is 6.10 Å². The van der Waals surface area contributed by atoms with E-state index in [0.717, 1.165) is 16.3 Å². The van der Waals surface area contributed by atoms with E-state index in [2.05, 4.69) is 35.7 Å². The van der Waals surface area contributed by atoms with Crippen LogP contribution in [0, 0.1) is 0 Å². The van der Waals surface area contributed by atoms with Crippen LogP contribution < -0.4 is 0 Å². The molecule has 0 aromatic heterocycles. The lowest BCUT2D eigenvalue weighted by Crippen LogP contribution is -2.17. The fourth-order valence-electron chi connectivity index (χ4n) is 2.61. The Morgan fingerprint density at radius 3 is 2.48 bits per heavy atom. The summed E-state index contributed by atoms with van der Waals surface area (Å²) in [7, 11) is 0. The van der Waals surface area contributed by atoms with E-state index in [1.807, 2.05) is 30.3 Å². The van der Waals surface area contributed by atoms with Crippen LogP contribution >= 0.6 is 0 Å². The van der Waals surface area contributed by atoms with Gasteiger partial charge in [-0.1, -0.05) is 55.1 Å². The van der Waals surface area contributed by atoms with Gasteiger partial charge < -0.3 is 5.11 Å². The van der Waals surface area contributed by atoms with Crippen LogP contribution in [0.1, 0.15) is 5.56 Å². The van der Waals surface area contributed by atoms with Crippen LogP contribution in [0.4, 0.5) is 0 Å². The van der Waals surface area contributed by atoms with E-state index in [9.17, 15) is 0 Å². The van der Waals surface area contributed by atoms with Crippen molar-refractivity contribution >= 4 is 27.1 Å². The number of hydrogen-bond acceptors (Lipinski definition) is 3. The highest BCUT2D eigenvalue weighted by atomic mass is 17.1. The summed E-state index contributed by atoms with van der Waals surface area (Å²) in [6.07, 6.45) is -0.803. The van der Waals surface area contributed by atoms with Crippen molar-refractivity contribution in [1.29, 1.82) is 0 Å². The standard InChI is InChI=1S/C18H16O3/c1-12(18(11-19)21-20)14-8-9-17-15(10-14)7-6-13-4-2-3-5-16(13)17/h2-10,18-20H,1,11H2. The van der Waals surface area contributed by atoms with E-state index < -0.39 is 6.10 Å². The molecule has 0 saturated heterocycles. The van der Waals surface area contributed by atoms with Gasteiger partial charge in [-0.05, 0) is 38.7 Å². The summed E-state index contributed by atoms with van der Waals surface area (Å²) in [4.78, 5) is 4.25. The quantitative estimate of drug-likeness (QED) is 0.433. The molecule has 3 heteroatoms. The van der Waals surface area contributed by atoms with Crippen molar-refractivity contribution in [1.82, 2.24) is 0 Å². The fraction of sp³-hybridized carbons (Fsp3) is 0.111. The summed E-state index contributed by atoms with van der Waals surface area (Å²) in [5.74, 6) is 0. The molecule has 0 amide bonds. The van der Waals surface area contributed by atoms with Gasteiger partial charge in [-0.3, -0.25) is 5.26 Å². The van der Waals surface area contributed by atoms with Gasteiger partial charge in [-0.15, -0.1) is 0 Å². The van der Waals surface area contributed by atoms with Crippen molar-refractivity contribution in [2.75, 3.05) is 6.61 Å². The predicted octanol–water partition coefficient (Wildman–Crippen LogP) is 3.86. The molecule has 0 fully saturated rings. The molecule has 1 unspecified atom stereocenters. The molecule has 0 aliphatic rings. The molecular formula is C18H16O3. The number of fused-ring (bicyclic) bond motifs is 3. The van der Waals surface area contributed by atoms with Crippen LogP contribution in [0.3, 0.4) is 0 Å². The maximum atomic E-state index is 9.17. The first-order chi connectivity index (χ1) is 10.2. The Morgan fingerprint density at radius 2 is 1.71 bits per heavy atom. The first-order valence-electron chi connectivity index (χ1n) is 6.76. The van der Waals surface area contributed by atoms with Gasteiger partial charge in [0, 0.05) is 0 Å². The second kappa shape index (κ2) is 5.66. The summed E-state index contributed by atoms with van der Waals surface area (Å²) < 4.78 is 0. The molecule has 0 radical (unpaired) electrons. The van der Waals surface area contributed by atoms with Gasteiger partial charge in [0.15, 0.2) is 0 Å². The largest absolute Gasteiger partial charge is 0.393 e. The third-order valence-electron chi connectivity index (χ3n) is 3.80. The van der Waals surface area contributed by atoms with Gasteiger partial charge >= 0.3 is 0 Å². The molecule has 0 heterocycles. The number of hydrogen-bond donors (Lipinski definition) is 2. The molecule has 0 aliphatic carbocycles. The molecule has 0 spiro atoms. The molecule has 1 atom stereocenters. The van der Waals surface area contributed by atoms with E-state index in [1.54, 1.807) is 0 Å². The third-order valence-corrected chi connectivity index (χ3v) is 3.80. The zero-order valence-electron chi connectivity index (χ0n) is 11.5. The molecule has 0 bridgehead atoms. The van der Waals surface area contributed by atoms with Gasteiger partial charge in [0.25, 0.3) is 0 Å². The average Bonchev–Trinajstić information content (AvgIpc) is 2.55. The van der Waals surface area contributed by atoms with E-state index in [4.69, 9.17) is 10.4 Å². The number of benzene rings is 3. The highest BCUT2D eigenvalue weighted by Crippen LogP contribution is 2.28. The smallest absolute Gasteiger partial charge is 0.141 e. The first-order valence-corrected chi connectivity index (χ1v) is 6.76. The molecule has 2 N–H and O–H groups in total. The number of aliphatic hydroxyl groups is 1. The van der Waals surface area contributed by atoms with Gasteiger partial charge in [0.2, 0.25) is 0 Å². The van der Waals surface area contributed by atoms with Crippen LogP contribution in [0.25, 0.3) is 27.1 Å². The summed E-state index contributed by atoms with van der Waals surface area (Å²) in [5.41, 5.74) is 1.39. The zero-order chi connectivity index (χ0) is 14.8. The van der Waals surface area contributed by atoms with E-state index >= 15 is 0 Å². The number of rotatable bonds is 4. The molecule has 3 rings (SSSR count). The second-order valence-electron chi connectivity index (χ2n) is 5.02. The maximum absolute atomic E-state index is 9.17. The second-order valence-corrected chi connectivity index (χ2v) is 5.02. The topological polar surface area (TPSA) is 49.7 Å². The minimum Gasteiger partial charge on any atom is -0.393 e. The summed E-state index contributed by atoms with van der Waals surface area (Å²) in [5, 5.41) is 22.6. The van der Waals surface area contributed by atoms with Crippen LogP contribution in [-0.2, 0) is 4.89 Å². The Labute approximate surface area is 122 Å². The zero-order valence-corrected chi connectivity index (χ0v) is 11.5. The Kier molecular flexibility index (Phi) is 3.71. The van der Waals surface area contributed by atoms with Crippen LogP contribution in [0.5, 0.6) is 0 Å². The fourth-order valence-corrected chi connectivity index (χ4v) is 2.61. The summed E-state index contributed by atoms with van der Waals surface area (Å²) in [6.45, 7) is 3.58. The highest BCUT2D eigenvalue weighted by molar-refractivity contribution is 6.08. The lowest BCUT2D eigenvalue weighted by atomic mass is 9.96. The lowest BCUT2D eigenvalue weighted by molar-refractivity contribution is -0.268. The van der Waals surface area contributed by atoms with Crippen molar-refractivity contribution < 1.29 is 15.3 Å². The van der Waals surface area contributed by atoms with Crippen LogP contribution in [0.2, 0.25) is 0 Å². The highest BCUT2D eigenvalue weighted by Gasteiger charge is 2.14. The molecule has 106 valence electrons. The predicted molar refractivity (Wildman–Crippen MR) is 85.1 cm³/mol. The minimum absolute atomic E-state index is 0.314. The monoisotopic (exact) mass is 280 g/mol. The van der Waals surface area contributed by atoms with Crippen molar-refractivity contribution in [3.8, 4) is 0 Å². The first kappa shape index (κ1) is 13.8. The molecule has 3 aromatic carbocycles. The number of aliphatic hydroxyl groups excluding tert-OH is 1. The Balaban J connectivity index is 2.13. The Bertz CT molecular complexity index is 804.